The zero-order valence-corrected chi connectivity index (χ0v) is 22.2. The largest absolute Gasteiger partial charge is 0.352 e. The molecule has 0 spiro atoms. The first-order valence-corrected chi connectivity index (χ1v) is 13.7. The monoisotopic (exact) mass is 501 g/mol. The van der Waals surface area contributed by atoms with Crippen molar-refractivity contribution in [1.29, 1.82) is 0 Å². The molecule has 1 aromatic heterocycles. The quantitative estimate of drug-likeness (QED) is 0.478. The molecule has 1 unspecified atom stereocenters. The van der Waals surface area contributed by atoms with Gasteiger partial charge in [-0.05, 0) is 74.8 Å². The van der Waals surface area contributed by atoms with Gasteiger partial charge in [-0.1, -0.05) is 60.6 Å². The van der Waals surface area contributed by atoms with E-state index in [0.29, 0.717) is 24.8 Å². The molecule has 7 nitrogen and oxygen atoms in total. The summed E-state index contributed by atoms with van der Waals surface area (Å²) in [5.41, 5.74) is 4.64. The van der Waals surface area contributed by atoms with Crippen molar-refractivity contribution in [3.63, 3.8) is 0 Å². The van der Waals surface area contributed by atoms with Gasteiger partial charge >= 0.3 is 0 Å². The van der Waals surface area contributed by atoms with Gasteiger partial charge in [0.15, 0.2) is 0 Å². The first-order chi connectivity index (χ1) is 18.0. The minimum atomic E-state index is 0.0551. The Morgan fingerprint density at radius 3 is 2.62 bits per heavy atom. The number of carbonyl (C=O) groups is 1. The van der Waals surface area contributed by atoms with Crippen LogP contribution in [0.1, 0.15) is 55.2 Å². The highest BCUT2D eigenvalue weighted by atomic mass is 16.5. The Kier molecular flexibility index (Phi) is 8.31. The number of hydrogen-bond donors (Lipinski definition) is 1. The van der Waals surface area contributed by atoms with Gasteiger partial charge in [0.25, 0.3) is 0 Å². The first kappa shape index (κ1) is 25.6. The first-order valence-electron chi connectivity index (χ1n) is 13.7. The van der Waals surface area contributed by atoms with Crippen LogP contribution in [-0.4, -0.2) is 52.0 Å². The Balaban J connectivity index is 1.06. The van der Waals surface area contributed by atoms with Gasteiger partial charge in [0.05, 0.1) is 6.54 Å². The van der Waals surface area contributed by atoms with Crippen molar-refractivity contribution < 1.29 is 9.32 Å². The van der Waals surface area contributed by atoms with Crippen molar-refractivity contribution >= 4 is 5.91 Å². The number of benzene rings is 2. The summed E-state index contributed by atoms with van der Waals surface area (Å²) in [4.78, 5) is 22.3. The molecule has 3 heterocycles. The number of piperidine rings is 2. The fourth-order valence-corrected chi connectivity index (χ4v) is 5.66. The van der Waals surface area contributed by atoms with E-state index in [4.69, 9.17) is 4.52 Å². The molecule has 7 heteroatoms. The van der Waals surface area contributed by atoms with Crippen molar-refractivity contribution in [2.24, 2.45) is 11.8 Å². The highest BCUT2D eigenvalue weighted by molar-refractivity contribution is 5.78. The van der Waals surface area contributed by atoms with Crippen molar-refractivity contribution in [2.45, 2.75) is 59.2 Å². The van der Waals surface area contributed by atoms with Crippen LogP contribution in [0.2, 0.25) is 0 Å². The van der Waals surface area contributed by atoms with Crippen LogP contribution in [0.25, 0.3) is 11.4 Å². The smallest absolute Gasteiger partial charge is 0.241 e. The van der Waals surface area contributed by atoms with Crippen LogP contribution in [0.3, 0.4) is 0 Å². The normalized spacial score (nSPS) is 19.7. The summed E-state index contributed by atoms with van der Waals surface area (Å²) < 4.78 is 5.52. The molecule has 0 bridgehead atoms. The average Bonchev–Trinajstić information content (AvgIpc) is 3.36. The molecule has 196 valence electrons. The van der Waals surface area contributed by atoms with Gasteiger partial charge in [0.1, 0.15) is 0 Å². The maximum Gasteiger partial charge on any atom is 0.241 e. The third-order valence-electron chi connectivity index (χ3n) is 7.78. The summed E-state index contributed by atoms with van der Waals surface area (Å²) >= 11 is 0. The second kappa shape index (κ2) is 12.0. The molecule has 1 amide bonds. The molecule has 2 aliphatic heterocycles. The summed E-state index contributed by atoms with van der Waals surface area (Å²) in [5, 5.41) is 7.36. The summed E-state index contributed by atoms with van der Waals surface area (Å²) in [6, 6.07) is 16.7. The summed E-state index contributed by atoms with van der Waals surface area (Å²) in [5.74, 6) is 2.26. The van der Waals surface area contributed by atoms with Crippen LogP contribution in [0.5, 0.6) is 0 Å². The number of hydrogen-bond acceptors (Lipinski definition) is 6. The molecular formula is C30H39N5O2. The van der Waals surface area contributed by atoms with Crippen LogP contribution < -0.4 is 5.32 Å². The highest BCUT2D eigenvalue weighted by Gasteiger charge is 2.26. The van der Waals surface area contributed by atoms with Crippen LogP contribution in [0.15, 0.2) is 53.1 Å². The highest BCUT2D eigenvalue weighted by Crippen LogP contribution is 2.23. The number of rotatable bonds is 8. The molecule has 1 N–H and O–H groups in total. The Morgan fingerprint density at radius 2 is 1.81 bits per heavy atom. The molecule has 1 atom stereocenters. The number of nitrogens with one attached hydrogen (secondary N) is 1. The number of amides is 1. The number of nitrogens with zero attached hydrogens (tertiary/aromatic N) is 4. The van der Waals surface area contributed by atoms with E-state index in [9.17, 15) is 4.79 Å². The molecule has 3 aromatic rings. The Bertz CT molecular complexity index is 1180. The van der Waals surface area contributed by atoms with Crippen molar-refractivity contribution in [2.75, 3.05) is 26.2 Å². The van der Waals surface area contributed by atoms with E-state index in [1.807, 2.05) is 31.2 Å². The third-order valence-corrected chi connectivity index (χ3v) is 7.78. The van der Waals surface area contributed by atoms with E-state index in [2.05, 4.69) is 56.4 Å². The molecule has 2 saturated heterocycles. The summed E-state index contributed by atoms with van der Waals surface area (Å²) in [6.07, 6.45) is 4.32. The van der Waals surface area contributed by atoms with Gasteiger partial charge in [-0.3, -0.25) is 14.6 Å². The zero-order chi connectivity index (χ0) is 25.6. The number of carbonyl (C=O) groups excluding carboxylic acids is 1. The topological polar surface area (TPSA) is 74.5 Å². The molecule has 5 rings (SSSR count). The molecular weight excluding hydrogens is 462 g/mol. The fourth-order valence-electron chi connectivity index (χ4n) is 5.66. The van der Waals surface area contributed by atoms with E-state index in [1.54, 1.807) is 0 Å². The van der Waals surface area contributed by atoms with Crippen molar-refractivity contribution in [3.8, 4) is 11.4 Å². The fraction of sp³-hybridized carbons (Fsp3) is 0.500. The van der Waals surface area contributed by atoms with Gasteiger partial charge < -0.3 is 9.84 Å². The van der Waals surface area contributed by atoms with Gasteiger partial charge in [0, 0.05) is 31.1 Å². The second-order valence-electron chi connectivity index (χ2n) is 10.9. The molecule has 0 aliphatic carbocycles. The van der Waals surface area contributed by atoms with Crippen LogP contribution >= 0.6 is 0 Å². The molecule has 2 aromatic carbocycles. The Hall–Kier alpha value is -3.03. The maximum absolute atomic E-state index is 12.9. The van der Waals surface area contributed by atoms with E-state index in [0.717, 1.165) is 49.5 Å². The maximum atomic E-state index is 12.9. The van der Waals surface area contributed by atoms with Gasteiger partial charge in [0.2, 0.25) is 17.6 Å². The van der Waals surface area contributed by atoms with Gasteiger partial charge in [-0.15, -0.1) is 0 Å². The van der Waals surface area contributed by atoms with Crippen LogP contribution in [0.4, 0.5) is 0 Å². The minimum Gasteiger partial charge on any atom is -0.352 e. The molecule has 0 saturated carbocycles. The van der Waals surface area contributed by atoms with Crippen LogP contribution in [-0.2, 0) is 24.4 Å². The van der Waals surface area contributed by atoms with Gasteiger partial charge in [-0.2, -0.15) is 4.98 Å². The van der Waals surface area contributed by atoms with Gasteiger partial charge in [-0.25, -0.2) is 0 Å². The van der Waals surface area contributed by atoms with Crippen LogP contribution in [0, 0.1) is 18.8 Å². The lowest BCUT2D eigenvalue weighted by molar-refractivity contribution is -0.126. The number of aromatic nitrogens is 2. The molecule has 2 aliphatic rings. The second-order valence-corrected chi connectivity index (χ2v) is 10.9. The van der Waals surface area contributed by atoms with E-state index in [1.165, 1.54) is 37.1 Å². The summed E-state index contributed by atoms with van der Waals surface area (Å²) in [7, 11) is 0. The van der Waals surface area contributed by atoms with E-state index >= 15 is 0 Å². The molecule has 37 heavy (non-hydrogen) atoms. The number of likely N-dealkylation sites (tertiary alicyclic amines) is 2. The predicted octanol–water partition coefficient (Wildman–Crippen LogP) is 4.81. The average molecular weight is 502 g/mol. The zero-order valence-electron chi connectivity index (χ0n) is 22.2. The number of aryl methyl sites for hydroxylation is 1. The SMILES string of the molecule is Cc1ccccc1-c1noc(CN2CCC(C(=O)NCc3cccc(CN4CCCC(C)C4)c3)CC2)n1. The lowest BCUT2D eigenvalue weighted by Gasteiger charge is -2.31. The third kappa shape index (κ3) is 6.84. The van der Waals surface area contributed by atoms with Crippen molar-refractivity contribution in [1.82, 2.24) is 25.3 Å². The lowest BCUT2D eigenvalue weighted by Crippen LogP contribution is -2.40. The van der Waals surface area contributed by atoms with E-state index in [-0.39, 0.29) is 11.8 Å². The van der Waals surface area contributed by atoms with Crippen molar-refractivity contribution in [3.05, 3.63) is 71.1 Å². The molecule has 2 fully saturated rings. The minimum absolute atomic E-state index is 0.0551. The standard InChI is InChI=1S/C30H39N5O2/c1-22-7-6-14-35(19-22)20-25-10-5-9-24(17-25)18-31-30(36)26-12-15-34(16-13-26)21-28-32-29(33-37-28)27-11-4-3-8-23(27)2/h3-5,8-11,17,22,26H,6-7,12-16,18-21H2,1-2H3,(H,31,36). The lowest BCUT2D eigenvalue weighted by atomic mass is 9.95. The van der Waals surface area contributed by atoms with E-state index < -0.39 is 0 Å². The Labute approximate surface area is 220 Å². The Morgan fingerprint density at radius 1 is 1.00 bits per heavy atom. The predicted molar refractivity (Wildman–Crippen MR) is 144 cm³/mol. The molecule has 0 radical (unpaired) electrons. The summed E-state index contributed by atoms with van der Waals surface area (Å²) in [6.45, 7) is 10.7.